The molecule has 0 amide bonds. The van der Waals surface area contributed by atoms with Crippen LogP contribution in [0.1, 0.15) is 43.2 Å². The van der Waals surface area contributed by atoms with Gasteiger partial charge in [-0.2, -0.15) is 0 Å². The Morgan fingerprint density at radius 2 is 2.21 bits per heavy atom. The number of H-pyrrole nitrogens is 1. The Hall–Kier alpha value is -2.11. The summed E-state index contributed by atoms with van der Waals surface area (Å²) in [5.74, 6) is 0.345. The monoisotopic (exact) mass is 393 g/mol. The second kappa shape index (κ2) is 7.96. The highest BCUT2D eigenvalue weighted by Crippen LogP contribution is 2.41. The van der Waals surface area contributed by atoms with Crippen LogP contribution in [0, 0.1) is 5.92 Å². The Morgan fingerprint density at radius 3 is 3.14 bits per heavy atom. The number of carbonyl (C=O) groups is 1. The second-order valence-corrected chi connectivity index (χ2v) is 8.90. The predicted octanol–water partition coefficient (Wildman–Crippen LogP) is 3.50. The van der Waals surface area contributed by atoms with Gasteiger partial charge < -0.3 is 15.0 Å². The molecule has 0 bridgehead atoms. The lowest BCUT2D eigenvalue weighted by Crippen LogP contribution is -2.43. The number of esters is 1. The summed E-state index contributed by atoms with van der Waals surface area (Å²) in [7, 11) is 2.23. The van der Waals surface area contributed by atoms with Crippen LogP contribution in [0.2, 0.25) is 0 Å². The van der Waals surface area contributed by atoms with Gasteiger partial charge in [0.1, 0.15) is 6.04 Å². The van der Waals surface area contributed by atoms with Crippen molar-refractivity contribution >= 4 is 22.4 Å². The van der Waals surface area contributed by atoms with Crippen molar-refractivity contribution in [2.75, 3.05) is 26.7 Å². The smallest absolute Gasteiger partial charge is 0.323 e. The minimum Gasteiger partial charge on any atom is -0.465 e. The Labute approximate surface area is 172 Å². The molecule has 3 aliphatic rings. The third-order valence-corrected chi connectivity index (χ3v) is 6.92. The van der Waals surface area contributed by atoms with Crippen LogP contribution in [0.5, 0.6) is 0 Å². The van der Waals surface area contributed by atoms with Crippen molar-refractivity contribution in [3.63, 3.8) is 0 Å². The van der Waals surface area contributed by atoms with Gasteiger partial charge >= 0.3 is 5.97 Å². The molecule has 2 N–H and O–H groups in total. The number of benzene rings is 1. The summed E-state index contributed by atoms with van der Waals surface area (Å²) in [5.41, 5.74) is 5.46. The van der Waals surface area contributed by atoms with Crippen molar-refractivity contribution in [1.82, 2.24) is 15.2 Å². The van der Waals surface area contributed by atoms with E-state index in [-0.39, 0.29) is 12.0 Å². The summed E-state index contributed by atoms with van der Waals surface area (Å²) < 4.78 is 5.66. The molecule has 1 aliphatic carbocycles. The van der Waals surface area contributed by atoms with Gasteiger partial charge in [-0.05, 0) is 68.0 Å². The van der Waals surface area contributed by atoms with Crippen molar-refractivity contribution in [2.45, 2.75) is 50.6 Å². The van der Waals surface area contributed by atoms with Gasteiger partial charge in [0.2, 0.25) is 0 Å². The number of carbonyl (C=O) groups excluding carboxylic acids is 1. The molecule has 1 aromatic carbocycles. The van der Waals surface area contributed by atoms with Gasteiger partial charge in [-0.25, -0.2) is 0 Å². The van der Waals surface area contributed by atoms with Crippen LogP contribution in [0.25, 0.3) is 16.5 Å². The average molecular weight is 394 g/mol. The lowest BCUT2D eigenvalue weighted by Gasteiger charge is -2.40. The number of ether oxygens (including phenoxy) is 1. The van der Waals surface area contributed by atoms with Crippen molar-refractivity contribution in [2.24, 2.45) is 5.92 Å². The first-order valence-electron chi connectivity index (χ1n) is 11.1. The fraction of sp³-hybridized carbons (Fsp3) is 0.542. The van der Waals surface area contributed by atoms with Crippen molar-refractivity contribution in [3.05, 3.63) is 41.6 Å². The minimum atomic E-state index is -0.114. The van der Waals surface area contributed by atoms with Crippen molar-refractivity contribution < 1.29 is 9.53 Å². The normalized spacial score (nSPS) is 27.2. The van der Waals surface area contributed by atoms with Crippen LogP contribution in [0.3, 0.4) is 0 Å². The molecule has 5 heteroatoms. The number of aromatic nitrogens is 1. The molecule has 0 saturated carbocycles. The van der Waals surface area contributed by atoms with E-state index in [0.29, 0.717) is 18.6 Å². The molecule has 2 aliphatic heterocycles. The fourth-order valence-electron chi connectivity index (χ4n) is 5.37. The highest BCUT2D eigenvalue weighted by molar-refractivity contribution is 5.98. The van der Waals surface area contributed by atoms with Crippen LogP contribution in [0.15, 0.2) is 30.5 Å². The SMILES string of the molecule is CN1CC(CCOC(=O)C2CCCCCN2)C=C2c3cccc4[nH]cc(c34)C[C@@H]21. The molecule has 0 radical (unpaired) electrons. The van der Waals surface area contributed by atoms with Gasteiger partial charge in [0, 0.05) is 29.7 Å². The number of nitrogens with zero attached hydrogens (tertiary/aromatic N) is 1. The molecule has 3 atom stereocenters. The number of rotatable bonds is 4. The summed E-state index contributed by atoms with van der Waals surface area (Å²) in [5, 5.41) is 4.72. The van der Waals surface area contributed by atoms with Crippen LogP contribution >= 0.6 is 0 Å². The topological polar surface area (TPSA) is 57.4 Å². The van der Waals surface area contributed by atoms with E-state index < -0.39 is 0 Å². The van der Waals surface area contributed by atoms with E-state index in [2.05, 4.69) is 52.7 Å². The highest BCUT2D eigenvalue weighted by atomic mass is 16.5. The van der Waals surface area contributed by atoms with E-state index in [9.17, 15) is 4.79 Å². The lowest BCUT2D eigenvalue weighted by atomic mass is 9.79. The first-order chi connectivity index (χ1) is 14.2. The van der Waals surface area contributed by atoms with Crippen LogP contribution in [-0.4, -0.2) is 54.7 Å². The predicted molar refractivity (Wildman–Crippen MR) is 116 cm³/mol. The second-order valence-electron chi connectivity index (χ2n) is 8.90. The summed E-state index contributed by atoms with van der Waals surface area (Å²) >= 11 is 0. The van der Waals surface area contributed by atoms with E-state index in [1.54, 1.807) is 0 Å². The quantitative estimate of drug-likeness (QED) is 0.781. The minimum absolute atomic E-state index is 0.0685. The average Bonchev–Trinajstić information content (AvgIpc) is 2.96. The first kappa shape index (κ1) is 18.9. The van der Waals surface area contributed by atoms with Gasteiger partial charge in [0.15, 0.2) is 0 Å². The maximum Gasteiger partial charge on any atom is 0.323 e. The van der Waals surface area contributed by atoms with Gasteiger partial charge in [-0.15, -0.1) is 0 Å². The van der Waals surface area contributed by atoms with Gasteiger partial charge in [0.05, 0.1) is 6.61 Å². The molecule has 3 heterocycles. The zero-order chi connectivity index (χ0) is 19.8. The molecular formula is C24H31N3O2. The Bertz CT molecular complexity index is 923. The molecule has 154 valence electrons. The third kappa shape index (κ3) is 3.62. The summed E-state index contributed by atoms with van der Waals surface area (Å²) in [6.07, 6.45) is 10.9. The molecule has 1 aromatic heterocycles. The molecule has 1 saturated heterocycles. The summed E-state index contributed by atoms with van der Waals surface area (Å²) in [6.45, 7) is 2.44. The maximum absolute atomic E-state index is 12.4. The molecule has 0 spiro atoms. The molecule has 29 heavy (non-hydrogen) atoms. The van der Waals surface area contributed by atoms with E-state index in [1.807, 2.05) is 0 Å². The zero-order valence-electron chi connectivity index (χ0n) is 17.2. The van der Waals surface area contributed by atoms with Gasteiger partial charge in [-0.3, -0.25) is 9.69 Å². The van der Waals surface area contributed by atoms with E-state index in [0.717, 1.165) is 45.2 Å². The Morgan fingerprint density at radius 1 is 1.28 bits per heavy atom. The van der Waals surface area contributed by atoms with Crippen LogP contribution in [-0.2, 0) is 16.0 Å². The number of nitrogens with one attached hydrogen (secondary N) is 2. The Balaban J connectivity index is 1.28. The first-order valence-corrected chi connectivity index (χ1v) is 11.1. The third-order valence-electron chi connectivity index (χ3n) is 6.92. The fourth-order valence-corrected chi connectivity index (χ4v) is 5.37. The number of fused-ring (bicyclic) bond motifs is 2. The zero-order valence-corrected chi connectivity index (χ0v) is 17.2. The number of aromatic amines is 1. The molecular weight excluding hydrogens is 362 g/mol. The maximum atomic E-state index is 12.4. The summed E-state index contributed by atoms with van der Waals surface area (Å²) in [4.78, 5) is 18.3. The molecule has 1 fully saturated rings. The molecule has 5 nitrogen and oxygen atoms in total. The largest absolute Gasteiger partial charge is 0.465 e. The highest BCUT2D eigenvalue weighted by Gasteiger charge is 2.33. The number of likely N-dealkylation sites (N-methyl/N-ethyl adjacent to an activating group) is 1. The number of hydrogen-bond acceptors (Lipinski definition) is 4. The van der Waals surface area contributed by atoms with Crippen molar-refractivity contribution in [3.8, 4) is 0 Å². The van der Waals surface area contributed by atoms with Crippen LogP contribution < -0.4 is 5.32 Å². The van der Waals surface area contributed by atoms with Gasteiger partial charge in [0.25, 0.3) is 0 Å². The number of hydrogen-bond donors (Lipinski definition) is 2. The molecule has 2 unspecified atom stereocenters. The van der Waals surface area contributed by atoms with Crippen molar-refractivity contribution in [1.29, 1.82) is 0 Å². The van der Waals surface area contributed by atoms with Gasteiger partial charge in [-0.1, -0.05) is 31.1 Å². The van der Waals surface area contributed by atoms with E-state index >= 15 is 0 Å². The Kier molecular flexibility index (Phi) is 5.18. The standard InChI is InChI=1S/C24H31N3O2/c1-27-15-16(9-11-29-24(28)21-7-3-2-4-10-25-21)12-19-18-6-5-8-20-23(18)17(14-26-20)13-22(19)27/h5-6,8,12,14,16,21-22,25-26H,2-4,7,9-11,13,15H2,1H3/t16?,21?,22-/m0/s1. The van der Waals surface area contributed by atoms with E-state index in [1.165, 1.54) is 34.0 Å². The molecule has 5 rings (SSSR count). The summed E-state index contributed by atoms with van der Waals surface area (Å²) in [6, 6.07) is 6.89. The van der Waals surface area contributed by atoms with E-state index in [4.69, 9.17) is 4.74 Å². The molecule has 2 aromatic rings. The lowest BCUT2D eigenvalue weighted by molar-refractivity contribution is -0.146. The van der Waals surface area contributed by atoms with Crippen LogP contribution in [0.4, 0.5) is 0 Å².